The van der Waals surface area contributed by atoms with Crippen LogP contribution in [0.15, 0.2) is 18.2 Å². The van der Waals surface area contributed by atoms with Crippen LogP contribution in [0.3, 0.4) is 0 Å². The number of ether oxygens (including phenoxy) is 1. The van der Waals surface area contributed by atoms with E-state index < -0.39 is 0 Å². The molecule has 1 heterocycles. The third-order valence-corrected chi connectivity index (χ3v) is 3.58. The number of halogens is 2. The molecule has 94 valence electrons. The molecule has 1 N–H and O–H groups in total. The number of piperidine rings is 1. The molecule has 1 saturated heterocycles. The number of benzene rings is 1. The highest BCUT2D eigenvalue weighted by atomic mass is 35.5. The van der Waals surface area contributed by atoms with Crippen molar-refractivity contribution in [2.75, 3.05) is 13.1 Å². The van der Waals surface area contributed by atoms with Crippen LogP contribution in [0.25, 0.3) is 0 Å². The Morgan fingerprint density at radius 3 is 3.06 bits per heavy atom. The summed E-state index contributed by atoms with van der Waals surface area (Å²) in [7, 11) is 0. The van der Waals surface area contributed by atoms with Crippen LogP contribution in [0.1, 0.15) is 18.9 Å². The van der Waals surface area contributed by atoms with E-state index in [1.807, 2.05) is 0 Å². The van der Waals surface area contributed by atoms with Gasteiger partial charge in [0.05, 0.1) is 12.7 Å². The van der Waals surface area contributed by atoms with Gasteiger partial charge in [-0.1, -0.05) is 24.6 Å². The van der Waals surface area contributed by atoms with Gasteiger partial charge in [-0.2, -0.15) is 0 Å². The number of nitrogens with one attached hydrogen (secondary N) is 1. The first-order valence-electron chi connectivity index (χ1n) is 5.93. The van der Waals surface area contributed by atoms with Gasteiger partial charge in [0, 0.05) is 11.6 Å². The average Bonchev–Trinajstić information content (AvgIpc) is 2.30. The standard InChI is InChI=1S/C13H17ClFNO/c1-9-4-5-16-7-13(9)17-8-10-2-3-11(15)6-12(10)14/h2-3,6,9,13,16H,4-5,7-8H2,1H3. The molecular weight excluding hydrogens is 241 g/mol. The molecule has 17 heavy (non-hydrogen) atoms. The SMILES string of the molecule is CC1CCNCC1OCc1ccc(F)cc1Cl. The average molecular weight is 258 g/mol. The third kappa shape index (κ3) is 3.41. The second-order valence-corrected chi connectivity index (χ2v) is 4.96. The van der Waals surface area contributed by atoms with Crippen LogP contribution in [0.4, 0.5) is 4.39 Å². The highest BCUT2D eigenvalue weighted by Crippen LogP contribution is 2.21. The van der Waals surface area contributed by atoms with Crippen LogP contribution in [0, 0.1) is 11.7 Å². The Labute approximate surface area is 106 Å². The molecule has 1 aliphatic heterocycles. The van der Waals surface area contributed by atoms with Gasteiger partial charge in [-0.15, -0.1) is 0 Å². The van der Waals surface area contributed by atoms with Gasteiger partial charge >= 0.3 is 0 Å². The summed E-state index contributed by atoms with van der Waals surface area (Å²) < 4.78 is 18.7. The Morgan fingerprint density at radius 1 is 1.53 bits per heavy atom. The van der Waals surface area contributed by atoms with E-state index >= 15 is 0 Å². The molecule has 2 atom stereocenters. The van der Waals surface area contributed by atoms with E-state index in [9.17, 15) is 4.39 Å². The lowest BCUT2D eigenvalue weighted by molar-refractivity contribution is -0.00656. The molecule has 0 saturated carbocycles. The summed E-state index contributed by atoms with van der Waals surface area (Å²) in [4.78, 5) is 0. The predicted molar refractivity (Wildman–Crippen MR) is 66.6 cm³/mol. The van der Waals surface area contributed by atoms with Crippen molar-refractivity contribution in [3.8, 4) is 0 Å². The summed E-state index contributed by atoms with van der Waals surface area (Å²) in [5.41, 5.74) is 0.839. The second kappa shape index (κ2) is 5.80. The van der Waals surface area contributed by atoms with Crippen LogP contribution in [0.2, 0.25) is 5.02 Å². The Bertz CT molecular complexity index is 386. The molecule has 1 aromatic carbocycles. The molecule has 0 aliphatic carbocycles. The van der Waals surface area contributed by atoms with Crippen molar-refractivity contribution in [2.24, 2.45) is 5.92 Å². The summed E-state index contributed by atoms with van der Waals surface area (Å²) in [6, 6.07) is 4.41. The van der Waals surface area contributed by atoms with Crippen molar-refractivity contribution < 1.29 is 9.13 Å². The molecule has 0 bridgehead atoms. The first-order valence-corrected chi connectivity index (χ1v) is 6.31. The molecule has 2 rings (SSSR count). The van der Waals surface area contributed by atoms with Crippen molar-refractivity contribution >= 4 is 11.6 Å². The third-order valence-electron chi connectivity index (χ3n) is 3.22. The van der Waals surface area contributed by atoms with Crippen LogP contribution in [-0.2, 0) is 11.3 Å². The molecule has 0 radical (unpaired) electrons. The van der Waals surface area contributed by atoms with Crippen LogP contribution < -0.4 is 5.32 Å². The number of rotatable bonds is 3. The summed E-state index contributed by atoms with van der Waals surface area (Å²) >= 11 is 5.95. The first kappa shape index (κ1) is 12.8. The highest BCUT2D eigenvalue weighted by molar-refractivity contribution is 6.31. The van der Waals surface area contributed by atoms with Gasteiger partial charge in [0.1, 0.15) is 5.82 Å². The quantitative estimate of drug-likeness (QED) is 0.899. The van der Waals surface area contributed by atoms with E-state index in [4.69, 9.17) is 16.3 Å². The van der Waals surface area contributed by atoms with Gasteiger partial charge < -0.3 is 10.1 Å². The Balaban J connectivity index is 1.92. The normalized spacial score (nSPS) is 24.9. The maximum Gasteiger partial charge on any atom is 0.124 e. The minimum Gasteiger partial charge on any atom is -0.372 e. The van der Waals surface area contributed by atoms with Crippen molar-refractivity contribution in [3.63, 3.8) is 0 Å². The van der Waals surface area contributed by atoms with Crippen molar-refractivity contribution in [1.82, 2.24) is 5.32 Å². The maximum atomic E-state index is 12.9. The number of hydrogen-bond acceptors (Lipinski definition) is 2. The summed E-state index contributed by atoms with van der Waals surface area (Å²) in [6.07, 6.45) is 1.34. The summed E-state index contributed by atoms with van der Waals surface area (Å²) in [5.74, 6) is 0.238. The van der Waals surface area contributed by atoms with Crippen LogP contribution in [0.5, 0.6) is 0 Å². The minimum absolute atomic E-state index is 0.213. The van der Waals surface area contributed by atoms with Gasteiger partial charge in [0.25, 0.3) is 0 Å². The zero-order valence-corrected chi connectivity index (χ0v) is 10.6. The maximum absolute atomic E-state index is 12.9. The van der Waals surface area contributed by atoms with E-state index in [1.54, 1.807) is 6.07 Å². The van der Waals surface area contributed by atoms with Crippen LogP contribution in [-0.4, -0.2) is 19.2 Å². The topological polar surface area (TPSA) is 21.3 Å². The Kier molecular flexibility index (Phi) is 4.37. The molecule has 1 aromatic rings. The number of hydrogen-bond donors (Lipinski definition) is 1. The molecule has 0 aromatic heterocycles. The van der Waals surface area contributed by atoms with Gasteiger partial charge in [0.2, 0.25) is 0 Å². The fourth-order valence-corrected chi connectivity index (χ4v) is 2.24. The van der Waals surface area contributed by atoms with Crippen molar-refractivity contribution in [2.45, 2.75) is 26.1 Å². The molecule has 1 fully saturated rings. The Morgan fingerprint density at radius 2 is 2.35 bits per heavy atom. The molecule has 0 amide bonds. The largest absolute Gasteiger partial charge is 0.372 e. The molecule has 2 unspecified atom stereocenters. The zero-order chi connectivity index (χ0) is 12.3. The van der Waals surface area contributed by atoms with E-state index in [-0.39, 0.29) is 11.9 Å². The predicted octanol–water partition coefficient (Wildman–Crippen LogP) is 2.99. The smallest absolute Gasteiger partial charge is 0.124 e. The van der Waals surface area contributed by atoms with Gasteiger partial charge in [0.15, 0.2) is 0 Å². The fraction of sp³-hybridized carbons (Fsp3) is 0.538. The van der Waals surface area contributed by atoms with E-state index in [1.165, 1.54) is 12.1 Å². The van der Waals surface area contributed by atoms with Gasteiger partial charge in [-0.05, 0) is 36.6 Å². The monoisotopic (exact) mass is 257 g/mol. The molecular formula is C13H17ClFNO. The van der Waals surface area contributed by atoms with E-state index in [0.717, 1.165) is 25.1 Å². The minimum atomic E-state index is -0.313. The zero-order valence-electron chi connectivity index (χ0n) is 9.88. The van der Waals surface area contributed by atoms with Crippen molar-refractivity contribution in [3.05, 3.63) is 34.6 Å². The lowest BCUT2D eigenvalue weighted by Crippen LogP contribution is -2.40. The van der Waals surface area contributed by atoms with Gasteiger partial charge in [-0.3, -0.25) is 0 Å². The molecule has 1 aliphatic rings. The first-order chi connectivity index (χ1) is 8.16. The lowest BCUT2D eigenvalue weighted by atomic mass is 9.97. The molecule has 4 heteroatoms. The highest BCUT2D eigenvalue weighted by Gasteiger charge is 2.21. The van der Waals surface area contributed by atoms with E-state index in [2.05, 4.69) is 12.2 Å². The molecule has 0 spiro atoms. The van der Waals surface area contributed by atoms with Crippen molar-refractivity contribution in [1.29, 1.82) is 0 Å². The second-order valence-electron chi connectivity index (χ2n) is 4.56. The summed E-state index contributed by atoms with van der Waals surface area (Å²) in [5, 5.41) is 3.74. The van der Waals surface area contributed by atoms with Crippen LogP contribution >= 0.6 is 11.6 Å². The van der Waals surface area contributed by atoms with Gasteiger partial charge in [-0.25, -0.2) is 4.39 Å². The summed E-state index contributed by atoms with van der Waals surface area (Å²) in [6.45, 7) is 4.56. The Hall–Kier alpha value is -0.640. The van der Waals surface area contributed by atoms with E-state index in [0.29, 0.717) is 17.5 Å². The lowest BCUT2D eigenvalue weighted by Gasteiger charge is -2.29. The fourth-order valence-electron chi connectivity index (χ4n) is 2.02. The molecule has 2 nitrogen and oxygen atoms in total.